The molecule has 6 nitrogen and oxygen atoms in total. The van der Waals surface area contributed by atoms with Crippen LogP contribution >= 0.6 is 0 Å². The summed E-state index contributed by atoms with van der Waals surface area (Å²) in [5, 5.41) is 8.80. The van der Waals surface area contributed by atoms with E-state index in [0.717, 1.165) is 12.1 Å². The van der Waals surface area contributed by atoms with Crippen LogP contribution in [-0.2, 0) is 6.54 Å². The maximum Gasteiger partial charge on any atom is 0.310 e. The first kappa shape index (κ1) is 14.1. The van der Waals surface area contributed by atoms with Crippen LogP contribution in [0.3, 0.4) is 0 Å². The van der Waals surface area contributed by atoms with Crippen molar-refractivity contribution in [1.29, 1.82) is 0 Å². The van der Waals surface area contributed by atoms with Crippen LogP contribution in [0.5, 0.6) is 0 Å². The number of fused-ring (bicyclic) bond motifs is 1. The highest BCUT2D eigenvalue weighted by Gasteiger charge is 2.18. The lowest BCUT2D eigenvalue weighted by Gasteiger charge is -2.09. The smallest absolute Gasteiger partial charge is 0.310 e. The highest BCUT2D eigenvalue weighted by atomic mass is 19.1. The molecule has 2 N–H and O–H groups in total. The van der Waals surface area contributed by atoms with Gasteiger partial charge >= 0.3 is 5.91 Å². The zero-order valence-electron chi connectivity index (χ0n) is 11.1. The molecular weight excluding hydrogens is 294 g/mol. The van der Waals surface area contributed by atoms with Gasteiger partial charge in [0.25, 0.3) is 0 Å². The number of rotatable bonds is 3. The number of carbonyl (C=O) groups excluding carboxylic acids is 1. The van der Waals surface area contributed by atoms with E-state index in [1.165, 1.54) is 28.5 Å². The van der Waals surface area contributed by atoms with E-state index in [9.17, 15) is 13.6 Å². The standard InChI is InChI=1S/C14H10F2N4O2/c15-9-2-1-8(10(16)5-9)7-20-12-3-4-17-6-11(12)18-13(20)14(21)19-22/h1-6,22H,7H2,(H,19,21). The number of imidazole rings is 1. The number of hydrogen-bond donors (Lipinski definition) is 2. The average molecular weight is 304 g/mol. The van der Waals surface area contributed by atoms with Gasteiger partial charge in [-0.1, -0.05) is 6.07 Å². The second-order valence-electron chi connectivity index (χ2n) is 4.56. The monoisotopic (exact) mass is 304 g/mol. The van der Waals surface area contributed by atoms with Gasteiger partial charge in [-0.15, -0.1) is 0 Å². The van der Waals surface area contributed by atoms with Crippen molar-refractivity contribution in [2.75, 3.05) is 0 Å². The number of hydrogen-bond acceptors (Lipinski definition) is 4. The van der Waals surface area contributed by atoms with Crippen molar-refractivity contribution in [1.82, 2.24) is 20.0 Å². The maximum atomic E-state index is 13.8. The SMILES string of the molecule is O=C(NO)c1nc2cnccc2n1Cc1ccc(F)cc1F. The Morgan fingerprint density at radius 3 is 2.86 bits per heavy atom. The van der Waals surface area contributed by atoms with Crippen molar-refractivity contribution in [2.45, 2.75) is 6.54 Å². The normalized spacial score (nSPS) is 10.9. The number of nitrogens with one attached hydrogen (secondary N) is 1. The van der Waals surface area contributed by atoms with Crippen LogP contribution < -0.4 is 5.48 Å². The summed E-state index contributed by atoms with van der Waals surface area (Å²) in [6.45, 7) is -0.0462. The first-order chi connectivity index (χ1) is 10.6. The Hall–Kier alpha value is -2.87. The zero-order chi connectivity index (χ0) is 15.7. The number of aromatic nitrogens is 3. The maximum absolute atomic E-state index is 13.8. The minimum absolute atomic E-state index is 0.0462. The molecule has 0 unspecified atom stereocenters. The third kappa shape index (κ3) is 2.40. The van der Waals surface area contributed by atoms with Gasteiger partial charge in [0, 0.05) is 17.8 Å². The molecule has 1 amide bonds. The molecule has 0 fully saturated rings. The van der Waals surface area contributed by atoms with Gasteiger partial charge in [-0.3, -0.25) is 15.0 Å². The number of hydroxylamine groups is 1. The van der Waals surface area contributed by atoms with Crippen LogP contribution in [0.4, 0.5) is 8.78 Å². The Labute approximate surface area is 123 Å². The van der Waals surface area contributed by atoms with E-state index < -0.39 is 17.5 Å². The lowest BCUT2D eigenvalue weighted by Crippen LogP contribution is -2.23. The Kier molecular flexibility index (Phi) is 3.51. The van der Waals surface area contributed by atoms with Gasteiger partial charge in [-0.05, 0) is 12.1 Å². The second-order valence-corrected chi connectivity index (χ2v) is 4.56. The lowest BCUT2D eigenvalue weighted by molar-refractivity contribution is 0.0691. The molecule has 22 heavy (non-hydrogen) atoms. The number of benzene rings is 1. The van der Waals surface area contributed by atoms with E-state index in [-0.39, 0.29) is 17.9 Å². The molecular formula is C14H10F2N4O2. The van der Waals surface area contributed by atoms with Gasteiger partial charge in [0.15, 0.2) is 0 Å². The van der Waals surface area contributed by atoms with Crippen molar-refractivity contribution in [3.05, 3.63) is 59.7 Å². The second kappa shape index (κ2) is 5.49. The van der Waals surface area contributed by atoms with E-state index >= 15 is 0 Å². The summed E-state index contributed by atoms with van der Waals surface area (Å²) in [6, 6.07) is 4.79. The van der Waals surface area contributed by atoms with Crippen molar-refractivity contribution < 1.29 is 18.8 Å². The van der Waals surface area contributed by atoms with Crippen molar-refractivity contribution >= 4 is 16.9 Å². The van der Waals surface area contributed by atoms with Crippen LogP contribution in [0, 0.1) is 11.6 Å². The number of amides is 1. The van der Waals surface area contributed by atoms with Gasteiger partial charge in [-0.25, -0.2) is 19.2 Å². The summed E-state index contributed by atoms with van der Waals surface area (Å²) >= 11 is 0. The quantitative estimate of drug-likeness (QED) is 0.572. The Morgan fingerprint density at radius 1 is 1.32 bits per heavy atom. The van der Waals surface area contributed by atoms with Crippen LogP contribution in [-0.4, -0.2) is 25.6 Å². The van der Waals surface area contributed by atoms with Gasteiger partial charge in [0.05, 0.1) is 18.3 Å². The minimum Gasteiger partial charge on any atom is -0.315 e. The van der Waals surface area contributed by atoms with Crippen LogP contribution in [0.1, 0.15) is 16.2 Å². The Balaban J connectivity index is 2.14. The fraction of sp³-hybridized carbons (Fsp3) is 0.0714. The molecule has 1 aromatic carbocycles. The van der Waals surface area contributed by atoms with Gasteiger partial charge < -0.3 is 4.57 Å². The molecule has 0 spiro atoms. The molecule has 0 aliphatic carbocycles. The topological polar surface area (TPSA) is 80.0 Å². The van der Waals surface area contributed by atoms with Crippen LogP contribution in [0.2, 0.25) is 0 Å². The summed E-state index contributed by atoms with van der Waals surface area (Å²) in [7, 11) is 0. The molecule has 0 radical (unpaired) electrons. The number of pyridine rings is 1. The molecule has 2 heterocycles. The summed E-state index contributed by atoms with van der Waals surface area (Å²) < 4.78 is 28.2. The van der Waals surface area contributed by atoms with E-state index in [1.54, 1.807) is 6.07 Å². The highest BCUT2D eigenvalue weighted by Crippen LogP contribution is 2.19. The molecule has 0 atom stereocenters. The lowest BCUT2D eigenvalue weighted by atomic mass is 10.2. The fourth-order valence-corrected chi connectivity index (χ4v) is 2.19. The number of nitrogens with zero attached hydrogens (tertiary/aromatic N) is 3. The van der Waals surface area contributed by atoms with Crippen LogP contribution in [0.15, 0.2) is 36.7 Å². The molecule has 0 aliphatic heterocycles. The van der Waals surface area contributed by atoms with E-state index in [4.69, 9.17) is 5.21 Å². The Morgan fingerprint density at radius 2 is 2.14 bits per heavy atom. The molecule has 8 heteroatoms. The highest BCUT2D eigenvalue weighted by molar-refractivity contribution is 5.94. The first-order valence-electron chi connectivity index (χ1n) is 6.29. The van der Waals surface area contributed by atoms with Crippen molar-refractivity contribution in [2.24, 2.45) is 0 Å². The predicted molar refractivity (Wildman–Crippen MR) is 72.2 cm³/mol. The third-order valence-electron chi connectivity index (χ3n) is 3.20. The zero-order valence-corrected chi connectivity index (χ0v) is 11.1. The minimum atomic E-state index is -0.835. The summed E-state index contributed by atoms with van der Waals surface area (Å²) in [6.07, 6.45) is 2.95. The molecule has 0 saturated carbocycles. The van der Waals surface area contributed by atoms with Gasteiger partial charge in [-0.2, -0.15) is 0 Å². The molecule has 2 aromatic heterocycles. The molecule has 3 rings (SSSR count). The van der Waals surface area contributed by atoms with Gasteiger partial charge in [0.1, 0.15) is 17.2 Å². The molecule has 0 saturated heterocycles. The summed E-state index contributed by atoms with van der Waals surface area (Å²) in [5.74, 6) is -2.35. The van der Waals surface area contributed by atoms with Gasteiger partial charge in [0.2, 0.25) is 5.82 Å². The molecule has 0 bridgehead atoms. The molecule has 112 valence electrons. The first-order valence-corrected chi connectivity index (χ1v) is 6.29. The Bertz CT molecular complexity index is 863. The summed E-state index contributed by atoms with van der Waals surface area (Å²) in [5.41, 5.74) is 2.64. The molecule has 3 aromatic rings. The van der Waals surface area contributed by atoms with Crippen molar-refractivity contribution in [3.8, 4) is 0 Å². The largest absolute Gasteiger partial charge is 0.315 e. The van der Waals surface area contributed by atoms with E-state index in [2.05, 4.69) is 9.97 Å². The van der Waals surface area contributed by atoms with E-state index in [1.807, 2.05) is 0 Å². The number of halogens is 2. The van der Waals surface area contributed by atoms with Crippen LogP contribution in [0.25, 0.3) is 11.0 Å². The third-order valence-corrected chi connectivity index (χ3v) is 3.20. The predicted octanol–water partition coefficient (Wildman–Crippen LogP) is 1.88. The summed E-state index contributed by atoms with van der Waals surface area (Å²) in [4.78, 5) is 19.7. The molecule has 0 aliphatic rings. The fourth-order valence-electron chi connectivity index (χ4n) is 2.19. The van der Waals surface area contributed by atoms with E-state index in [0.29, 0.717) is 11.0 Å². The number of carbonyl (C=O) groups is 1. The van der Waals surface area contributed by atoms with Crippen molar-refractivity contribution in [3.63, 3.8) is 0 Å². The average Bonchev–Trinajstić information content (AvgIpc) is 2.88.